The summed E-state index contributed by atoms with van der Waals surface area (Å²) >= 11 is 0. The highest BCUT2D eigenvalue weighted by Gasteiger charge is 2.43. The molecular weight excluding hydrogens is 257 g/mol. The monoisotopic (exact) mass is 275 g/mol. The average Bonchev–Trinajstić information content (AvgIpc) is 2.87. The second-order valence-corrected chi connectivity index (χ2v) is 5.64. The van der Waals surface area contributed by atoms with Gasteiger partial charge in [0.05, 0.1) is 6.04 Å². The van der Waals surface area contributed by atoms with Crippen molar-refractivity contribution in [1.29, 1.82) is 0 Å². The van der Waals surface area contributed by atoms with Crippen molar-refractivity contribution in [1.82, 2.24) is 5.32 Å². The predicted molar refractivity (Wildman–Crippen MR) is 73.9 cm³/mol. The lowest BCUT2D eigenvalue weighted by atomic mass is 9.86. The SMILES string of the molecule is C=CC(=O)N[C@H]1CC2(CCCC2)Oc2ccc(F)cc21. The first kappa shape index (κ1) is 13.2. The van der Waals surface area contributed by atoms with Crippen molar-refractivity contribution in [2.24, 2.45) is 0 Å². The van der Waals surface area contributed by atoms with E-state index < -0.39 is 0 Å². The van der Waals surface area contributed by atoms with Crippen LogP contribution in [0.5, 0.6) is 5.75 Å². The second kappa shape index (κ2) is 4.93. The van der Waals surface area contributed by atoms with E-state index in [1.165, 1.54) is 18.2 Å². The second-order valence-electron chi connectivity index (χ2n) is 5.64. The molecule has 1 aromatic rings. The minimum Gasteiger partial charge on any atom is -0.487 e. The van der Waals surface area contributed by atoms with Crippen molar-refractivity contribution in [2.45, 2.75) is 43.7 Å². The number of carbonyl (C=O) groups is 1. The first-order valence-corrected chi connectivity index (χ1v) is 7.03. The van der Waals surface area contributed by atoms with Crippen LogP contribution in [0.1, 0.15) is 43.7 Å². The maximum absolute atomic E-state index is 13.5. The third-order valence-electron chi connectivity index (χ3n) is 4.27. The Bertz CT molecular complexity index is 549. The molecule has 1 N–H and O–H groups in total. The lowest BCUT2D eigenvalue weighted by Gasteiger charge is -2.40. The zero-order valence-electron chi connectivity index (χ0n) is 11.3. The van der Waals surface area contributed by atoms with Gasteiger partial charge in [0.1, 0.15) is 17.2 Å². The molecule has 4 heteroatoms. The maximum atomic E-state index is 13.5. The number of ether oxygens (including phenoxy) is 1. The highest BCUT2D eigenvalue weighted by molar-refractivity contribution is 5.87. The largest absolute Gasteiger partial charge is 0.487 e. The van der Waals surface area contributed by atoms with Crippen LogP contribution in [0.4, 0.5) is 4.39 Å². The van der Waals surface area contributed by atoms with Crippen LogP contribution < -0.4 is 10.1 Å². The molecule has 1 fully saturated rings. The van der Waals surface area contributed by atoms with Crippen LogP contribution in [-0.2, 0) is 4.79 Å². The molecule has 106 valence electrons. The van der Waals surface area contributed by atoms with Gasteiger partial charge < -0.3 is 10.1 Å². The Kier molecular flexibility index (Phi) is 3.24. The molecule has 1 saturated carbocycles. The number of hydrogen-bond acceptors (Lipinski definition) is 2. The van der Waals surface area contributed by atoms with Gasteiger partial charge in [-0.1, -0.05) is 6.58 Å². The highest BCUT2D eigenvalue weighted by Crippen LogP contribution is 2.47. The summed E-state index contributed by atoms with van der Waals surface area (Å²) in [7, 11) is 0. The summed E-state index contributed by atoms with van der Waals surface area (Å²) in [6.07, 6.45) is 6.20. The number of carbonyl (C=O) groups excluding carboxylic acids is 1. The number of nitrogens with one attached hydrogen (secondary N) is 1. The lowest BCUT2D eigenvalue weighted by molar-refractivity contribution is -0.117. The molecule has 1 spiro atoms. The van der Waals surface area contributed by atoms with E-state index in [-0.39, 0.29) is 23.4 Å². The Morgan fingerprint density at radius 2 is 2.20 bits per heavy atom. The van der Waals surface area contributed by atoms with Gasteiger partial charge >= 0.3 is 0 Å². The van der Waals surface area contributed by atoms with Gasteiger partial charge in [-0.15, -0.1) is 0 Å². The minimum absolute atomic E-state index is 0.204. The zero-order chi connectivity index (χ0) is 14.2. The van der Waals surface area contributed by atoms with E-state index in [0.29, 0.717) is 12.2 Å². The number of hydrogen-bond donors (Lipinski definition) is 1. The van der Waals surface area contributed by atoms with E-state index in [0.717, 1.165) is 31.2 Å². The fourth-order valence-electron chi connectivity index (χ4n) is 3.33. The van der Waals surface area contributed by atoms with Gasteiger partial charge in [-0.3, -0.25) is 4.79 Å². The van der Waals surface area contributed by atoms with Gasteiger partial charge in [0.25, 0.3) is 0 Å². The van der Waals surface area contributed by atoms with E-state index in [1.807, 2.05) is 0 Å². The Hall–Kier alpha value is -1.84. The third-order valence-corrected chi connectivity index (χ3v) is 4.27. The smallest absolute Gasteiger partial charge is 0.243 e. The number of benzene rings is 1. The van der Waals surface area contributed by atoms with Crippen molar-refractivity contribution in [3.05, 3.63) is 42.2 Å². The lowest BCUT2D eigenvalue weighted by Crippen LogP contribution is -2.43. The fraction of sp³-hybridized carbons (Fsp3) is 0.438. The minimum atomic E-state index is -0.312. The van der Waals surface area contributed by atoms with Crippen LogP contribution >= 0.6 is 0 Å². The molecule has 0 saturated heterocycles. The summed E-state index contributed by atoms with van der Waals surface area (Å²) in [6, 6.07) is 4.31. The number of rotatable bonds is 2. The third kappa shape index (κ3) is 2.30. The molecular formula is C16H18FNO2. The van der Waals surface area contributed by atoms with E-state index >= 15 is 0 Å². The van der Waals surface area contributed by atoms with Crippen molar-refractivity contribution >= 4 is 5.91 Å². The number of amides is 1. The molecule has 3 nitrogen and oxygen atoms in total. The van der Waals surface area contributed by atoms with Crippen LogP contribution in [-0.4, -0.2) is 11.5 Å². The molecule has 0 aromatic heterocycles. The number of fused-ring (bicyclic) bond motifs is 1. The van der Waals surface area contributed by atoms with Crippen molar-refractivity contribution in [3.63, 3.8) is 0 Å². The topological polar surface area (TPSA) is 38.3 Å². The van der Waals surface area contributed by atoms with E-state index in [2.05, 4.69) is 11.9 Å². The van der Waals surface area contributed by atoms with Gasteiger partial charge in [-0.25, -0.2) is 4.39 Å². The summed E-state index contributed by atoms with van der Waals surface area (Å²) in [5, 5.41) is 2.90. The van der Waals surface area contributed by atoms with Gasteiger partial charge in [0.15, 0.2) is 0 Å². The quantitative estimate of drug-likeness (QED) is 0.841. The van der Waals surface area contributed by atoms with Crippen molar-refractivity contribution in [2.75, 3.05) is 0 Å². The predicted octanol–water partition coefficient (Wildman–Crippen LogP) is 3.26. The standard InChI is InChI=1S/C16H18FNO2/c1-2-15(19)18-13-10-16(7-3-4-8-16)20-14-6-5-11(17)9-12(13)14/h2,5-6,9,13H,1,3-4,7-8,10H2,(H,18,19)/t13-/m0/s1. The summed E-state index contributed by atoms with van der Waals surface area (Å²) in [4.78, 5) is 11.6. The van der Waals surface area contributed by atoms with Gasteiger partial charge in [0.2, 0.25) is 5.91 Å². The van der Waals surface area contributed by atoms with Crippen LogP contribution in [0.2, 0.25) is 0 Å². The molecule has 0 bridgehead atoms. The Morgan fingerprint density at radius 3 is 2.90 bits per heavy atom. The normalized spacial score (nSPS) is 22.9. The van der Waals surface area contributed by atoms with Crippen LogP contribution in [0.3, 0.4) is 0 Å². The molecule has 2 aliphatic rings. The fourth-order valence-corrected chi connectivity index (χ4v) is 3.33. The summed E-state index contributed by atoms with van der Waals surface area (Å²) in [5.74, 6) is 0.141. The summed E-state index contributed by atoms with van der Waals surface area (Å²) < 4.78 is 19.6. The Labute approximate surface area is 117 Å². The molecule has 0 unspecified atom stereocenters. The summed E-state index contributed by atoms with van der Waals surface area (Å²) in [6.45, 7) is 3.47. The number of halogens is 1. The van der Waals surface area contributed by atoms with Crippen molar-refractivity contribution < 1.29 is 13.9 Å². The van der Waals surface area contributed by atoms with Gasteiger partial charge in [-0.05, 0) is 50.0 Å². The zero-order valence-corrected chi connectivity index (χ0v) is 11.3. The van der Waals surface area contributed by atoms with Gasteiger partial charge in [0, 0.05) is 12.0 Å². The molecule has 1 atom stereocenters. The highest BCUT2D eigenvalue weighted by atomic mass is 19.1. The van der Waals surface area contributed by atoms with E-state index in [1.54, 1.807) is 6.07 Å². The molecule has 1 aliphatic carbocycles. The molecule has 20 heavy (non-hydrogen) atoms. The Morgan fingerprint density at radius 1 is 1.45 bits per heavy atom. The Balaban J connectivity index is 1.96. The van der Waals surface area contributed by atoms with Crippen molar-refractivity contribution in [3.8, 4) is 5.75 Å². The molecule has 1 aromatic carbocycles. The van der Waals surface area contributed by atoms with Gasteiger partial charge in [-0.2, -0.15) is 0 Å². The molecule has 1 amide bonds. The van der Waals surface area contributed by atoms with E-state index in [9.17, 15) is 9.18 Å². The average molecular weight is 275 g/mol. The van der Waals surface area contributed by atoms with Crippen LogP contribution in [0.15, 0.2) is 30.9 Å². The molecule has 1 aliphatic heterocycles. The maximum Gasteiger partial charge on any atom is 0.243 e. The molecule has 3 rings (SSSR count). The van der Waals surface area contributed by atoms with Crippen LogP contribution in [0.25, 0.3) is 0 Å². The van der Waals surface area contributed by atoms with E-state index in [4.69, 9.17) is 4.74 Å². The molecule has 1 heterocycles. The first-order chi connectivity index (χ1) is 9.62. The first-order valence-electron chi connectivity index (χ1n) is 7.03. The molecule has 0 radical (unpaired) electrons. The summed E-state index contributed by atoms with van der Waals surface area (Å²) in [5.41, 5.74) is 0.516. The van der Waals surface area contributed by atoms with Crippen LogP contribution in [0, 0.1) is 5.82 Å².